The van der Waals surface area contributed by atoms with E-state index in [1.807, 2.05) is 19.1 Å². The minimum atomic E-state index is -0.416. The second-order valence-corrected chi connectivity index (χ2v) is 5.86. The number of nitrogens with zero attached hydrogens (tertiary/aromatic N) is 2. The predicted molar refractivity (Wildman–Crippen MR) is 94.6 cm³/mol. The van der Waals surface area contributed by atoms with Crippen LogP contribution in [0.25, 0.3) is 0 Å². The third-order valence-electron chi connectivity index (χ3n) is 4.14. The van der Waals surface area contributed by atoms with Crippen molar-refractivity contribution in [3.8, 4) is 11.5 Å². The molecule has 0 amide bonds. The van der Waals surface area contributed by atoms with Crippen LogP contribution in [0.4, 0.5) is 5.69 Å². The molecule has 7 nitrogen and oxygen atoms in total. The fourth-order valence-electron chi connectivity index (χ4n) is 2.88. The molecule has 2 aromatic rings. The summed E-state index contributed by atoms with van der Waals surface area (Å²) >= 11 is 0. The van der Waals surface area contributed by atoms with E-state index in [0.717, 1.165) is 28.8 Å². The van der Waals surface area contributed by atoms with Crippen LogP contribution < -0.4 is 14.9 Å². The molecule has 1 heterocycles. The minimum Gasteiger partial charge on any atom is -0.493 e. The highest BCUT2D eigenvalue weighted by molar-refractivity contribution is 6.14. The van der Waals surface area contributed by atoms with E-state index in [4.69, 9.17) is 9.47 Å². The number of non-ortho nitro benzene ring substituents is 1. The lowest BCUT2D eigenvalue weighted by Crippen LogP contribution is -2.21. The lowest BCUT2D eigenvalue weighted by Gasteiger charge is -2.15. The second kappa shape index (κ2) is 6.80. The van der Waals surface area contributed by atoms with Gasteiger partial charge in [0.1, 0.15) is 0 Å². The molecular formula is C18H19N3O4. The van der Waals surface area contributed by atoms with E-state index in [1.165, 1.54) is 12.1 Å². The van der Waals surface area contributed by atoms with Gasteiger partial charge in [0.15, 0.2) is 11.5 Å². The third-order valence-corrected chi connectivity index (χ3v) is 4.14. The average Bonchev–Trinajstić information content (AvgIpc) is 2.78. The molecule has 0 unspecified atom stereocenters. The number of nitro benzene ring substituents is 1. The maximum Gasteiger partial charge on any atom is 0.269 e. The molecule has 0 radical (unpaired) electrons. The molecule has 1 aliphatic heterocycles. The monoisotopic (exact) mass is 341 g/mol. The number of nitro groups is 1. The van der Waals surface area contributed by atoms with Gasteiger partial charge in [0, 0.05) is 29.3 Å². The van der Waals surface area contributed by atoms with Crippen LogP contribution in [0.15, 0.2) is 41.5 Å². The van der Waals surface area contributed by atoms with Crippen LogP contribution in [0.3, 0.4) is 0 Å². The lowest BCUT2D eigenvalue weighted by molar-refractivity contribution is -0.384. The van der Waals surface area contributed by atoms with Crippen molar-refractivity contribution in [3.63, 3.8) is 0 Å². The molecule has 0 saturated carbocycles. The van der Waals surface area contributed by atoms with E-state index >= 15 is 0 Å². The largest absolute Gasteiger partial charge is 0.493 e. The van der Waals surface area contributed by atoms with Gasteiger partial charge in [-0.3, -0.25) is 10.1 Å². The summed E-state index contributed by atoms with van der Waals surface area (Å²) in [5.74, 6) is 1.28. The number of hydrazone groups is 1. The molecular weight excluding hydrogens is 322 g/mol. The summed E-state index contributed by atoms with van der Waals surface area (Å²) < 4.78 is 10.8. The zero-order valence-corrected chi connectivity index (χ0v) is 14.3. The number of rotatable bonds is 4. The van der Waals surface area contributed by atoms with Gasteiger partial charge in [-0.1, -0.05) is 0 Å². The van der Waals surface area contributed by atoms with Crippen LogP contribution >= 0.6 is 0 Å². The summed E-state index contributed by atoms with van der Waals surface area (Å²) in [7, 11) is 3.19. The van der Waals surface area contributed by atoms with Gasteiger partial charge in [-0.2, -0.15) is 5.10 Å². The van der Waals surface area contributed by atoms with Crippen molar-refractivity contribution in [2.75, 3.05) is 14.2 Å². The van der Waals surface area contributed by atoms with E-state index < -0.39 is 4.92 Å². The first-order valence-corrected chi connectivity index (χ1v) is 7.86. The Morgan fingerprint density at radius 1 is 1.16 bits per heavy atom. The molecule has 0 fully saturated rings. The minimum absolute atomic E-state index is 0.0480. The van der Waals surface area contributed by atoms with Gasteiger partial charge in [-0.05, 0) is 43.2 Å². The zero-order chi connectivity index (χ0) is 18.0. The van der Waals surface area contributed by atoms with Crippen molar-refractivity contribution in [3.05, 3.63) is 63.2 Å². The van der Waals surface area contributed by atoms with E-state index in [-0.39, 0.29) is 11.7 Å². The number of fused-ring (bicyclic) bond motifs is 1. The second-order valence-electron chi connectivity index (χ2n) is 5.86. The number of methoxy groups -OCH3 is 2. The third kappa shape index (κ3) is 3.26. The fraction of sp³-hybridized carbons (Fsp3) is 0.278. The molecule has 7 heteroatoms. The normalized spacial score (nSPS) is 16.1. The number of ether oxygens (including phenoxy) is 2. The zero-order valence-electron chi connectivity index (χ0n) is 14.3. The van der Waals surface area contributed by atoms with Crippen molar-refractivity contribution < 1.29 is 14.4 Å². The SMILES string of the molecule is COc1cc2c(cc1OC)C(c1ccc([N+](=O)[O-])cc1)=NN[C@@H](C)C2. The van der Waals surface area contributed by atoms with Crippen LogP contribution in [-0.4, -0.2) is 30.9 Å². The highest BCUT2D eigenvalue weighted by Crippen LogP contribution is 2.33. The van der Waals surface area contributed by atoms with Crippen LogP contribution in [0.1, 0.15) is 23.6 Å². The van der Waals surface area contributed by atoms with Gasteiger partial charge in [-0.15, -0.1) is 0 Å². The van der Waals surface area contributed by atoms with Crippen molar-refractivity contribution in [2.24, 2.45) is 5.10 Å². The average molecular weight is 341 g/mol. The van der Waals surface area contributed by atoms with Gasteiger partial charge >= 0.3 is 0 Å². The molecule has 0 aliphatic carbocycles. The summed E-state index contributed by atoms with van der Waals surface area (Å²) in [5.41, 5.74) is 6.68. The summed E-state index contributed by atoms with van der Waals surface area (Å²) in [4.78, 5) is 10.5. The Labute approximate surface area is 145 Å². The predicted octanol–water partition coefficient (Wildman–Crippen LogP) is 2.90. The first-order chi connectivity index (χ1) is 12.0. The van der Waals surface area contributed by atoms with Gasteiger partial charge in [0.05, 0.1) is 24.9 Å². The molecule has 3 rings (SSSR count). The van der Waals surface area contributed by atoms with Crippen LogP contribution in [0.2, 0.25) is 0 Å². The number of nitrogens with one attached hydrogen (secondary N) is 1. The molecule has 130 valence electrons. The Kier molecular flexibility index (Phi) is 4.56. The molecule has 0 saturated heterocycles. The standard InChI is InChI=1S/C18H19N3O4/c1-11-8-13-9-16(24-2)17(25-3)10-15(13)18(20-19-11)12-4-6-14(7-5-12)21(22)23/h4-7,9-11,19H,8H2,1-3H3/t11-/m0/s1. The van der Waals surface area contributed by atoms with Gasteiger partial charge < -0.3 is 14.9 Å². The van der Waals surface area contributed by atoms with E-state index in [1.54, 1.807) is 26.4 Å². The molecule has 25 heavy (non-hydrogen) atoms. The Morgan fingerprint density at radius 2 is 1.80 bits per heavy atom. The summed E-state index contributed by atoms with van der Waals surface area (Å²) in [6, 6.07) is 10.4. The number of hydrogen-bond acceptors (Lipinski definition) is 6. The van der Waals surface area contributed by atoms with Crippen LogP contribution in [-0.2, 0) is 6.42 Å². The molecule has 0 spiro atoms. The molecule has 1 atom stereocenters. The summed E-state index contributed by atoms with van der Waals surface area (Å²) in [5, 5.41) is 15.4. The molecule has 1 aliphatic rings. The highest BCUT2D eigenvalue weighted by atomic mass is 16.6. The first kappa shape index (κ1) is 16.8. The van der Waals surface area contributed by atoms with E-state index in [2.05, 4.69) is 10.5 Å². The first-order valence-electron chi connectivity index (χ1n) is 7.86. The van der Waals surface area contributed by atoms with Crippen LogP contribution in [0, 0.1) is 10.1 Å². The van der Waals surface area contributed by atoms with Crippen molar-refractivity contribution in [1.82, 2.24) is 5.43 Å². The highest BCUT2D eigenvalue weighted by Gasteiger charge is 2.21. The van der Waals surface area contributed by atoms with Crippen molar-refractivity contribution in [2.45, 2.75) is 19.4 Å². The maximum absolute atomic E-state index is 10.9. The Bertz CT molecular complexity index is 831. The fourth-order valence-corrected chi connectivity index (χ4v) is 2.88. The quantitative estimate of drug-likeness (QED) is 0.682. The summed E-state index contributed by atoms with van der Waals surface area (Å²) in [6.45, 7) is 2.04. The maximum atomic E-state index is 10.9. The molecule has 0 bridgehead atoms. The number of hydrogen-bond donors (Lipinski definition) is 1. The summed E-state index contributed by atoms with van der Waals surface area (Å²) in [6.07, 6.45) is 0.773. The Balaban J connectivity index is 2.13. The van der Waals surface area contributed by atoms with E-state index in [0.29, 0.717) is 11.5 Å². The van der Waals surface area contributed by atoms with Crippen molar-refractivity contribution in [1.29, 1.82) is 0 Å². The number of benzene rings is 2. The smallest absolute Gasteiger partial charge is 0.269 e. The van der Waals surface area contributed by atoms with Gasteiger partial charge in [0.25, 0.3) is 5.69 Å². The van der Waals surface area contributed by atoms with Crippen molar-refractivity contribution >= 4 is 11.4 Å². The van der Waals surface area contributed by atoms with Gasteiger partial charge in [-0.25, -0.2) is 0 Å². The Hall–Kier alpha value is -3.09. The van der Waals surface area contributed by atoms with Gasteiger partial charge in [0.2, 0.25) is 0 Å². The topological polar surface area (TPSA) is 86.0 Å². The Morgan fingerprint density at radius 3 is 2.40 bits per heavy atom. The van der Waals surface area contributed by atoms with E-state index in [9.17, 15) is 10.1 Å². The molecule has 0 aromatic heterocycles. The lowest BCUT2D eigenvalue weighted by atomic mass is 9.94. The molecule has 1 N–H and O–H groups in total. The molecule has 2 aromatic carbocycles. The van der Waals surface area contributed by atoms with Crippen LogP contribution in [0.5, 0.6) is 11.5 Å².